The van der Waals surface area contributed by atoms with E-state index in [1.54, 1.807) is 0 Å². The van der Waals surface area contributed by atoms with Crippen LogP contribution in [-0.4, -0.2) is 20.7 Å². The van der Waals surface area contributed by atoms with E-state index in [9.17, 15) is 0 Å². The molecule has 100 valence electrons. The summed E-state index contributed by atoms with van der Waals surface area (Å²) in [7, 11) is -1.30. The zero-order valence-corrected chi connectivity index (χ0v) is 13.4. The van der Waals surface area contributed by atoms with Crippen LogP contribution in [-0.2, 0) is 4.74 Å². The Balaban J connectivity index is 2.25. The molecule has 0 saturated carbocycles. The smallest absolute Gasteiger partial charge is 0.194 e. The van der Waals surface area contributed by atoms with Crippen molar-refractivity contribution < 1.29 is 4.74 Å². The average Bonchev–Trinajstić information content (AvgIpc) is 2.84. The van der Waals surface area contributed by atoms with Gasteiger partial charge in [-0.2, -0.15) is 0 Å². The third kappa shape index (κ3) is 2.56. The molecular weight excluding hydrogens is 238 g/mol. The van der Waals surface area contributed by atoms with E-state index in [1.807, 2.05) is 0 Å². The van der Waals surface area contributed by atoms with E-state index in [0.29, 0.717) is 6.04 Å². The van der Waals surface area contributed by atoms with Crippen molar-refractivity contribution in [3.63, 3.8) is 0 Å². The van der Waals surface area contributed by atoms with Gasteiger partial charge >= 0.3 is 0 Å². The van der Waals surface area contributed by atoms with Crippen LogP contribution in [0.5, 0.6) is 0 Å². The molecule has 0 bridgehead atoms. The van der Waals surface area contributed by atoms with Crippen molar-refractivity contribution in [1.82, 2.24) is 5.32 Å². The lowest BCUT2D eigenvalue weighted by Crippen LogP contribution is -2.37. The molecule has 1 N–H and O–H groups in total. The van der Waals surface area contributed by atoms with Crippen LogP contribution in [0.15, 0.2) is 34.9 Å². The topological polar surface area (TPSA) is 21.3 Å². The molecule has 2 aliphatic rings. The van der Waals surface area contributed by atoms with Crippen molar-refractivity contribution in [3.05, 3.63) is 34.9 Å². The van der Waals surface area contributed by atoms with Gasteiger partial charge in [-0.25, -0.2) is 0 Å². The van der Waals surface area contributed by atoms with Crippen LogP contribution in [0.25, 0.3) is 0 Å². The highest BCUT2D eigenvalue weighted by atomic mass is 28.3. The molecule has 2 rings (SSSR count). The maximum Gasteiger partial charge on any atom is 0.194 e. The van der Waals surface area contributed by atoms with Crippen LogP contribution >= 0.6 is 0 Å². The Hall–Kier alpha value is -0.963. The third-order valence-electron chi connectivity index (χ3n) is 3.61. The minimum Gasteiger partial charge on any atom is -0.477 e. The molecule has 1 aliphatic carbocycles. The molecule has 0 aromatic heterocycles. The highest BCUT2D eigenvalue weighted by Crippen LogP contribution is 2.33. The summed E-state index contributed by atoms with van der Waals surface area (Å²) in [5.74, 6) is 0.984. The summed E-state index contributed by atoms with van der Waals surface area (Å²) in [6.45, 7) is 14.7. The Kier molecular flexibility index (Phi) is 3.22. The second-order valence-corrected chi connectivity index (χ2v) is 12.3. The highest BCUT2D eigenvalue weighted by molar-refractivity contribution is 6.84. The van der Waals surface area contributed by atoms with E-state index < -0.39 is 8.07 Å². The molecule has 0 spiro atoms. The minimum atomic E-state index is -1.30. The third-order valence-corrected chi connectivity index (χ3v) is 5.67. The van der Waals surface area contributed by atoms with Gasteiger partial charge in [-0.3, -0.25) is 0 Å². The first-order valence-corrected chi connectivity index (χ1v) is 10.2. The number of hydrogen-bond acceptors (Lipinski definition) is 2. The molecule has 0 aromatic rings. The predicted octanol–water partition coefficient (Wildman–Crippen LogP) is 3.61. The lowest BCUT2D eigenvalue weighted by Gasteiger charge is -2.25. The first-order valence-electron chi connectivity index (χ1n) is 6.72. The van der Waals surface area contributed by atoms with Gasteiger partial charge in [-0.1, -0.05) is 52.6 Å². The van der Waals surface area contributed by atoms with Crippen LogP contribution in [0.3, 0.4) is 0 Å². The predicted molar refractivity (Wildman–Crippen MR) is 79.9 cm³/mol. The van der Waals surface area contributed by atoms with Crippen molar-refractivity contribution >= 4 is 8.07 Å². The molecule has 0 aromatic carbocycles. The average molecular weight is 263 g/mol. The standard InChI is InChI=1S/C15H25NOSi/c1-15(2,3)13-10-17-14(16-13)11-8-7-9-12(11)18(4,5)6/h7-9,13,16H,10H2,1-6H3/b14-11-/t13-/m1/s1. The summed E-state index contributed by atoms with van der Waals surface area (Å²) < 4.78 is 5.90. The summed E-state index contributed by atoms with van der Waals surface area (Å²) in [6, 6.07) is 0.400. The maximum atomic E-state index is 5.90. The first kappa shape index (κ1) is 13.5. The molecule has 1 heterocycles. The first-order chi connectivity index (χ1) is 8.19. The van der Waals surface area contributed by atoms with Crippen LogP contribution in [0.1, 0.15) is 20.8 Å². The summed E-state index contributed by atoms with van der Waals surface area (Å²) >= 11 is 0. The van der Waals surface area contributed by atoms with Crippen LogP contribution in [0, 0.1) is 5.41 Å². The van der Waals surface area contributed by atoms with Crippen LogP contribution in [0.4, 0.5) is 0 Å². The van der Waals surface area contributed by atoms with Crippen LogP contribution < -0.4 is 5.32 Å². The van der Waals surface area contributed by atoms with E-state index in [2.05, 4.69) is 64.0 Å². The molecule has 0 amide bonds. The van der Waals surface area contributed by atoms with Crippen molar-refractivity contribution in [2.24, 2.45) is 5.41 Å². The van der Waals surface area contributed by atoms with Gasteiger partial charge in [0.25, 0.3) is 0 Å². The molecular formula is C15H25NOSi. The summed E-state index contributed by atoms with van der Waals surface area (Å²) in [4.78, 5) is 0. The normalized spacial score (nSPS) is 28.1. The van der Waals surface area contributed by atoms with Gasteiger partial charge in [0.1, 0.15) is 6.61 Å². The van der Waals surface area contributed by atoms with Gasteiger partial charge < -0.3 is 10.1 Å². The van der Waals surface area contributed by atoms with Crippen molar-refractivity contribution in [3.8, 4) is 0 Å². The minimum absolute atomic E-state index is 0.230. The SMILES string of the molecule is CC(C)(C)[C@H]1CO/C(=C2/C=CC=C2[Si](C)(C)C)N1. The number of hydrogen-bond donors (Lipinski definition) is 1. The second-order valence-electron chi connectivity index (χ2n) is 7.31. The molecule has 1 atom stereocenters. The van der Waals surface area contributed by atoms with Gasteiger partial charge in [0, 0.05) is 5.57 Å². The Morgan fingerprint density at radius 3 is 2.44 bits per heavy atom. The highest BCUT2D eigenvalue weighted by Gasteiger charge is 2.34. The largest absolute Gasteiger partial charge is 0.477 e. The van der Waals surface area contributed by atoms with Gasteiger partial charge in [0.15, 0.2) is 5.88 Å². The Labute approximate surface area is 112 Å². The maximum absolute atomic E-state index is 5.90. The van der Waals surface area contributed by atoms with Crippen molar-refractivity contribution in [2.45, 2.75) is 46.5 Å². The van der Waals surface area contributed by atoms with E-state index in [4.69, 9.17) is 4.74 Å². The fourth-order valence-corrected chi connectivity index (χ4v) is 3.90. The lowest BCUT2D eigenvalue weighted by atomic mass is 9.88. The summed E-state index contributed by atoms with van der Waals surface area (Å²) in [6.07, 6.45) is 6.58. The van der Waals surface area contributed by atoms with E-state index in [0.717, 1.165) is 12.5 Å². The molecule has 1 saturated heterocycles. The zero-order valence-electron chi connectivity index (χ0n) is 12.4. The quantitative estimate of drug-likeness (QED) is 0.730. The Morgan fingerprint density at radius 2 is 1.94 bits per heavy atom. The number of ether oxygens (including phenoxy) is 1. The number of nitrogens with one attached hydrogen (secondary N) is 1. The fourth-order valence-electron chi connectivity index (χ4n) is 2.30. The van der Waals surface area contributed by atoms with Gasteiger partial charge in [-0.05, 0) is 16.7 Å². The van der Waals surface area contributed by atoms with E-state index in [-0.39, 0.29) is 5.41 Å². The molecule has 3 heteroatoms. The van der Waals surface area contributed by atoms with Crippen molar-refractivity contribution in [1.29, 1.82) is 0 Å². The lowest BCUT2D eigenvalue weighted by molar-refractivity contribution is 0.214. The van der Waals surface area contributed by atoms with E-state index in [1.165, 1.54) is 10.8 Å². The summed E-state index contributed by atoms with van der Waals surface area (Å²) in [5, 5.41) is 5.05. The summed E-state index contributed by atoms with van der Waals surface area (Å²) in [5.41, 5.74) is 1.51. The van der Waals surface area contributed by atoms with Gasteiger partial charge in [0.2, 0.25) is 0 Å². The molecule has 1 fully saturated rings. The molecule has 0 unspecified atom stereocenters. The molecule has 0 radical (unpaired) electrons. The monoisotopic (exact) mass is 263 g/mol. The molecule has 2 nitrogen and oxygen atoms in total. The number of rotatable bonds is 1. The van der Waals surface area contributed by atoms with E-state index >= 15 is 0 Å². The van der Waals surface area contributed by atoms with Gasteiger partial charge in [-0.15, -0.1) is 0 Å². The van der Waals surface area contributed by atoms with Crippen LogP contribution in [0.2, 0.25) is 19.6 Å². The molecule has 18 heavy (non-hydrogen) atoms. The number of allylic oxidation sites excluding steroid dienone is 5. The Bertz CT molecular complexity index is 432. The fraction of sp³-hybridized carbons (Fsp3) is 0.600. The Morgan fingerprint density at radius 1 is 1.28 bits per heavy atom. The molecule has 1 aliphatic heterocycles. The van der Waals surface area contributed by atoms with Gasteiger partial charge in [0.05, 0.1) is 14.1 Å². The zero-order chi connectivity index (χ0) is 13.6. The second kappa shape index (κ2) is 4.30. The van der Waals surface area contributed by atoms with Crippen molar-refractivity contribution in [2.75, 3.05) is 6.61 Å².